The molecule has 5 rings (SSSR count). The van der Waals surface area contributed by atoms with Crippen LogP contribution >= 0.6 is 0 Å². The van der Waals surface area contributed by atoms with Crippen molar-refractivity contribution < 1.29 is 9.18 Å². The zero-order valence-electron chi connectivity index (χ0n) is 17.4. The molecule has 3 nitrogen and oxygen atoms in total. The molecule has 2 saturated carbocycles. The summed E-state index contributed by atoms with van der Waals surface area (Å²) < 4.78 is 13.8. The Balaban J connectivity index is 1.20. The maximum absolute atomic E-state index is 13.8. The Kier molecular flexibility index (Phi) is 5.19. The normalized spacial score (nSPS) is 24.6. The van der Waals surface area contributed by atoms with Crippen LogP contribution in [0, 0.1) is 35.9 Å². The molecule has 1 amide bonds. The van der Waals surface area contributed by atoms with Crippen molar-refractivity contribution in [1.29, 1.82) is 0 Å². The number of carbonyl (C=O) groups is 1. The van der Waals surface area contributed by atoms with Gasteiger partial charge in [-0.1, -0.05) is 5.92 Å². The number of rotatable bonds is 4. The Morgan fingerprint density at radius 3 is 2.52 bits per heavy atom. The minimum absolute atomic E-state index is 0.0746. The minimum Gasteiger partial charge on any atom is -0.326 e. The molecule has 1 unspecified atom stereocenters. The third-order valence-electron chi connectivity index (χ3n) is 7.10. The number of nitrogens with one attached hydrogen (secondary N) is 1. The van der Waals surface area contributed by atoms with Gasteiger partial charge in [-0.05, 0) is 103 Å². The van der Waals surface area contributed by atoms with Crippen molar-refractivity contribution in [2.24, 2.45) is 17.8 Å². The van der Waals surface area contributed by atoms with Crippen LogP contribution in [0.2, 0.25) is 0 Å². The summed E-state index contributed by atoms with van der Waals surface area (Å²) >= 11 is 0. The summed E-state index contributed by atoms with van der Waals surface area (Å²) in [6.07, 6.45) is 12.2. The summed E-state index contributed by atoms with van der Waals surface area (Å²) in [7, 11) is 0. The second kappa shape index (κ2) is 8.15. The van der Waals surface area contributed by atoms with Crippen molar-refractivity contribution >= 4 is 22.5 Å². The number of halogens is 1. The van der Waals surface area contributed by atoms with E-state index in [1.807, 2.05) is 30.5 Å². The Morgan fingerprint density at radius 2 is 1.81 bits per heavy atom. The number of terminal acetylenes is 1. The SMILES string of the molecule is C#Cc1ccc(NC(=O)C[C@H]2C[C@H]3CC(c4ccnc5ccc(F)cc45)C[C@H]3C2)cc1. The molecule has 0 aliphatic heterocycles. The van der Waals surface area contributed by atoms with Crippen LogP contribution in [-0.2, 0) is 4.79 Å². The largest absolute Gasteiger partial charge is 0.326 e. The van der Waals surface area contributed by atoms with E-state index < -0.39 is 0 Å². The highest BCUT2D eigenvalue weighted by molar-refractivity contribution is 5.91. The fourth-order valence-electron chi connectivity index (χ4n) is 5.78. The predicted molar refractivity (Wildman–Crippen MR) is 121 cm³/mol. The van der Waals surface area contributed by atoms with E-state index in [0.29, 0.717) is 30.1 Å². The van der Waals surface area contributed by atoms with Gasteiger partial charge in [0.05, 0.1) is 5.52 Å². The molecule has 0 spiro atoms. The molecule has 2 fully saturated rings. The van der Waals surface area contributed by atoms with Gasteiger partial charge in [0.2, 0.25) is 5.91 Å². The number of amides is 1. The number of nitrogens with zero attached hydrogens (tertiary/aromatic N) is 1. The molecule has 2 aliphatic carbocycles. The lowest BCUT2D eigenvalue weighted by molar-refractivity contribution is -0.117. The molecule has 1 N–H and O–H groups in total. The van der Waals surface area contributed by atoms with E-state index in [4.69, 9.17) is 6.42 Å². The van der Waals surface area contributed by atoms with Crippen molar-refractivity contribution in [2.75, 3.05) is 5.32 Å². The molecule has 3 aromatic rings. The molecule has 1 aromatic heterocycles. The van der Waals surface area contributed by atoms with Gasteiger partial charge in [-0.3, -0.25) is 9.78 Å². The molecular formula is C27H25FN2O. The fourth-order valence-corrected chi connectivity index (χ4v) is 5.78. The lowest BCUT2D eigenvalue weighted by Gasteiger charge is -2.17. The molecule has 2 aromatic carbocycles. The number of hydrogen-bond donors (Lipinski definition) is 1. The first kappa shape index (κ1) is 19.8. The average molecular weight is 413 g/mol. The number of pyridine rings is 1. The Labute approximate surface area is 182 Å². The van der Waals surface area contributed by atoms with Crippen LogP contribution in [0.1, 0.15) is 49.1 Å². The minimum atomic E-state index is -0.208. The topological polar surface area (TPSA) is 42.0 Å². The molecular weight excluding hydrogens is 387 g/mol. The van der Waals surface area contributed by atoms with Gasteiger partial charge in [0.25, 0.3) is 0 Å². The van der Waals surface area contributed by atoms with Gasteiger partial charge in [-0.15, -0.1) is 6.42 Å². The standard InChI is InChI=1S/C27H25FN2O/c1-2-17-3-6-23(7-4-17)30-27(31)13-18-11-19-14-21(15-20(19)12-18)24-9-10-29-26-8-5-22(28)16-25(24)26/h1,3-10,16,18-21H,11-15H2,(H,30,31)/t18-,19-,20+,21?. The highest BCUT2D eigenvalue weighted by Crippen LogP contribution is 2.53. The monoisotopic (exact) mass is 412 g/mol. The van der Waals surface area contributed by atoms with Crippen LogP contribution in [0.15, 0.2) is 54.7 Å². The van der Waals surface area contributed by atoms with E-state index in [0.717, 1.165) is 47.8 Å². The summed E-state index contributed by atoms with van der Waals surface area (Å²) in [6.45, 7) is 0. The number of anilines is 1. The van der Waals surface area contributed by atoms with Crippen LogP contribution in [0.4, 0.5) is 10.1 Å². The van der Waals surface area contributed by atoms with Gasteiger partial charge in [-0.2, -0.15) is 0 Å². The maximum Gasteiger partial charge on any atom is 0.224 e. The average Bonchev–Trinajstić information content (AvgIpc) is 3.32. The van der Waals surface area contributed by atoms with Gasteiger partial charge in [-0.25, -0.2) is 4.39 Å². The van der Waals surface area contributed by atoms with E-state index in [1.165, 1.54) is 11.6 Å². The summed E-state index contributed by atoms with van der Waals surface area (Å²) in [5.74, 6) is 4.63. The maximum atomic E-state index is 13.8. The molecule has 2 aliphatic rings. The second-order valence-electron chi connectivity index (χ2n) is 9.06. The lowest BCUT2D eigenvalue weighted by atomic mass is 9.89. The summed E-state index contributed by atoms with van der Waals surface area (Å²) in [4.78, 5) is 16.9. The third kappa shape index (κ3) is 4.05. The van der Waals surface area contributed by atoms with Crippen molar-refractivity contribution in [1.82, 2.24) is 4.98 Å². The quantitative estimate of drug-likeness (QED) is 0.542. The van der Waals surface area contributed by atoms with Crippen molar-refractivity contribution in [2.45, 2.75) is 38.0 Å². The first-order valence-corrected chi connectivity index (χ1v) is 11.0. The number of aromatic nitrogens is 1. The number of fused-ring (bicyclic) bond motifs is 2. The molecule has 1 heterocycles. The number of hydrogen-bond acceptors (Lipinski definition) is 2. The van der Waals surface area contributed by atoms with E-state index in [1.54, 1.807) is 12.1 Å². The molecule has 4 heteroatoms. The molecule has 0 bridgehead atoms. The van der Waals surface area contributed by atoms with Crippen LogP contribution in [0.3, 0.4) is 0 Å². The first-order valence-electron chi connectivity index (χ1n) is 11.0. The summed E-state index contributed by atoms with van der Waals surface area (Å²) in [6, 6.07) is 14.3. The number of carbonyl (C=O) groups excluding carboxylic acids is 1. The van der Waals surface area contributed by atoms with Gasteiger partial charge < -0.3 is 5.32 Å². The Hall–Kier alpha value is -3.19. The fraction of sp³-hybridized carbons (Fsp3) is 0.333. The zero-order valence-corrected chi connectivity index (χ0v) is 17.4. The highest BCUT2D eigenvalue weighted by Gasteiger charge is 2.42. The lowest BCUT2D eigenvalue weighted by Crippen LogP contribution is -2.15. The molecule has 156 valence electrons. The van der Waals surface area contributed by atoms with Crippen molar-refractivity contribution in [3.8, 4) is 12.3 Å². The van der Waals surface area contributed by atoms with Crippen molar-refractivity contribution in [3.63, 3.8) is 0 Å². The van der Waals surface area contributed by atoms with Crippen molar-refractivity contribution in [3.05, 3.63) is 71.7 Å². The smallest absolute Gasteiger partial charge is 0.224 e. The molecule has 0 radical (unpaired) electrons. The van der Waals surface area contributed by atoms with Crippen LogP contribution < -0.4 is 5.32 Å². The summed E-state index contributed by atoms with van der Waals surface area (Å²) in [5, 5.41) is 3.94. The van der Waals surface area contributed by atoms with Gasteiger partial charge in [0.1, 0.15) is 5.82 Å². The molecule has 4 atom stereocenters. The molecule has 0 saturated heterocycles. The van der Waals surface area contributed by atoms with Crippen LogP contribution in [0.5, 0.6) is 0 Å². The van der Waals surface area contributed by atoms with E-state index in [2.05, 4.69) is 22.3 Å². The van der Waals surface area contributed by atoms with Crippen LogP contribution in [0.25, 0.3) is 10.9 Å². The van der Waals surface area contributed by atoms with Gasteiger partial charge >= 0.3 is 0 Å². The third-order valence-corrected chi connectivity index (χ3v) is 7.10. The van der Waals surface area contributed by atoms with E-state index >= 15 is 0 Å². The van der Waals surface area contributed by atoms with Gasteiger partial charge in [0, 0.05) is 29.3 Å². The zero-order chi connectivity index (χ0) is 21.4. The summed E-state index contributed by atoms with van der Waals surface area (Å²) in [5.41, 5.74) is 3.68. The van der Waals surface area contributed by atoms with Gasteiger partial charge in [0.15, 0.2) is 0 Å². The first-order chi connectivity index (χ1) is 15.1. The second-order valence-corrected chi connectivity index (χ2v) is 9.06. The Bertz CT molecular complexity index is 1150. The number of benzene rings is 2. The Morgan fingerprint density at radius 1 is 1.06 bits per heavy atom. The van der Waals surface area contributed by atoms with Crippen LogP contribution in [-0.4, -0.2) is 10.9 Å². The highest BCUT2D eigenvalue weighted by atomic mass is 19.1. The van der Waals surface area contributed by atoms with E-state index in [-0.39, 0.29) is 11.7 Å². The molecule has 31 heavy (non-hydrogen) atoms. The predicted octanol–water partition coefficient (Wildman–Crippen LogP) is 5.90. The van der Waals surface area contributed by atoms with E-state index in [9.17, 15) is 9.18 Å².